The lowest BCUT2D eigenvalue weighted by Gasteiger charge is -2.19. The number of carbonyl (C=O) groups excluding carboxylic acids is 2. The van der Waals surface area contributed by atoms with E-state index >= 15 is 0 Å². The number of hydrogen-bond donors (Lipinski definition) is 3. The second-order valence-corrected chi connectivity index (χ2v) is 4.18. The maximum absolute atomic E-state index is 11.6. The van der Waals surface area contributed by atoms with Crippen molar-refractivity contribution >= 4 is 17.5 Å². The average Bonchev–Trinajstić information content (AvgIpc) is 2.35. The molecule has 0 rings (SSSR count). The summed E-state index contributed by atoms with van der Waals surface area (Å²) in [6.45, 7) is 0.860. The van der Waals surface area contributed by atoms with E-state index in [-0.39, 0.29) is 6.42 Å². The van der Waals surface area contributed by atoms with Gasteiger partial charge in [0.25, 0.3) is 5.60 Å². The van der Waals surface area contributed by atoms with Gasteiger partial charge in [-0.25, -0.2) is 4.79 Å². The highest BCUT2D eigenvalue weighted by Gasteiger charge is 2.49. The summed E-state index contributed by atoms with van der Waals surface area (Å²) in [7, 11) is 0. The first-order valence-electron chi connectivity index (χ1n) is 6.04. The van der Waals surface area contributed by atoms with Crippen molar-refractivity contribution in [2.75, 3.05) is 6.61 Å². The molecule has 3 N–H and O–H groups in total. The number of hydrogen-bond acceptors (Lipinski definition) is 5. The van der Waals surface area contributed by atoms with E-state index in [1.807, 2.05) is 6.92 Å². The highest BCUT2D eigenvalue weighted by molar-refractivity contribution is 6.25. The third kappa shape index (κ3) is 4.19. The molecular formula is C12H20O6. The Balaban J connectivity index is 4.42. The van der Waals surface area contributed by atoms with Crippen LogP contribution in [0.25, 0.3) is 0 Å². The number of unbranched alkanes of at least 4 members (excludes halogenated alkanes) is 4. The largest absolute Gasteiger partial charge is 0.478 e. The van der Waals surface area contributed by atoms with Crippen LogP contribution in [0.3, 0.4) is 0 Å². The third-order valence-electron chi connectivity index (χ3n) is 2.77. The second kappa shape index (κ2) is 7.94. The Morgan fingerprint density at radius 3 is 2.00 bits per heavy atom. The zero-order valence-corrected chi connectivity index (χ0v) is 10.5. The van der Waals surface area contributed by atoms with Crippen LogP contribution in [0.4, 0.5) is 0 Å². The van der Waals surface area contributed by atoms with Crippen molar-refractivity contribution < 1.29 is 29.7 Å². The van der Waals surface area contributed by atoms with Crippen molar-refractivity contribution in [2.24, 2.45) is 0 Å². The molecule has 0 aromatic heterocycles. The summed E-state index contributed by atoms with van der Waals surface area (Å²) in [5.74, 6) is -4.39. The predicted octanol–water partition coefficient (Wildman–Crippen LogP) is 0.293. The summed E-state index contributed by atoms with van der Waals surface area (Å²) in [6.07, 6.45) is 3.96. The molecule has 0 fully saturated rings. The van der Waals surface area contributed by atoms with Gasteiger partial charge in [0.1, 0.15) is 6.61 Å². The van der Waals surface area contributed by atoms with Crippen molar-refractivity contribution in [1.29, 1.82) is 0 Å². The number of aliphatic hydroxyl groups is 2. The van der Waals surface area contributed by atoms with Crippen LogP contribution in [0, 0.1) is 0 Å². The zero-order chi connectivity index (χ0) is 14.2. The van der Waals surface area contributed by atoms with E-state index in [9.17, 15) is 19.5 Å². The first kappa shape index (κ1) is 16.7. The van der Waals surface area contributed by atoms with E-state index in [2.05, 4.69) is 0 Å². The molecule has 6 nitrogen and oxygen atoms in total. The van der Waals surface area contributed by atoms with Gasteiger partial charge in [-0.15, -0.1) is 0 Å². The minimum absolute atomic E-state index is 0.182. The number of carbonyl (C=O) groups is 3. The Bertz CT molecular complexity index is 312. The number of carboxylic acid groups (broad SMARTS) is 1. The van der Waals surface area contributed by atoms with E-state index < -0.39 is 29.7 Å². The Labute approximate surface area is 106 Å². The van der Waals surface area contributed by atoms with Gasteiger partial charge in [0.2, 0.25) is 5.78 Å². The molecule has 0 spiro atoms. The van der Waals surface area contributed by atoms with Crippen molar-refractivity contribution in [3.8, 4) is 0 Å². The molecule has 1 unspecified atom stereocenters. The summed E-state index contributed by atoms with van der Waals surface area (Å²) < 4.78 is 0. The van der Waals surface area contributed by atoms with Gasteiger partial charge in [-0.3, -0.25) is 9.59 Å². The topological polar surface area (TPSA) is 112 Å². The number of aliphatic carboxylic acids is 1. The molecule has 104 valence electrons. The molecule has 6 heteroatoms. The second-order valence-electron chi connectivity index (χ2n) is 4.18. The minimum atomic E-state index is -3.10. The molecule has 1 atom stereocenters. The van der Waals surface area contributed by atoms with Gasteiger partial charge in [0, 0.05) is 6.42 Å². The molecule has 0 aliphatic heterocycles. The van der Waals surface area contributed by atoms with Gasteiger partial charge in [-0.2, -0.15) is 0 Å². The van der Waals surface area contributed by atoms with Crippen molar-refractivity contribution in [3.05, 3.63) is 0 Å². The maximum atomic E-state index is 11.6. The molecule has 0 aliphatic carbocycles. The Morgan fingerprint density at radius 1 is 1.00 bits per heavy atom. The van der Waals surface area contributed by atoms with Crippen molar-refractivity contribution in [2.45, 2.75) is 51.0 Å². The standard InChI is InChI=1S/C12H20O6/c1-2-3-4-5-6-7-9(14)12(18,11(16)17)10(15)8-13/h13,18H,2-8H2,1H3,(H,16,17). The fraction of sp³-hybridized carbons (Fsp3) is 0.750. The lowest BCUT2D eigenvalue weighted by Crippen LogP contribution is -2.54. The molecule has 18 heavy (non-hydrogen) atoms. The van der Waals surface area contributed by atoms with Crippen LogP contribution in [-0.4, -0.2) is 45.1 Å². The summed E-state index contributed by atoms with van der Waals surface area (Å²) >= 11 is 0. The number of carboxylic acids is 1. The Hall–Kier alpha value is -1.27. The van der Waals surface area contributed by atoms with E-state index in [4.69, 9.17) is 10.2 Å². The fourth-order valence-electron chi connectivity index (χ4n) is 1.58. The highest BCUT2D eigenvalue weighted by atomic mass is 16.4. The predicted molar refractivity (Wildman–Crippen MR) is 63.1 cm³/mol. The molecule has 0 aromatic carbocycles. The van der Waals surface area contributed by atoms with Gasteiger partial charge in [0.15, 0.2) is 5.78 Å². The molecule has 0 saturated carbocycles. The SMILES string of the molecule is CCCCCCCC(=O)C(O)(C(=O)O)C(=O)CO. The molecule has 0 aliphatic rings. The summed E-state index contributed by atoms with van der Waals surface area (Å²) in [5, 5.41) is 26.9. The van der Waals surface area contributed by atoms with E-state index in [1.165, 1.54) is 0 Å². The zero-order valence-electron chi connectivity index (χ0n) is 10.5. The summed E-state index contributed by atoms with van der Waals surface area (Å²) in [5.41, 5.74) is -3.10. The lowest BCUT2D eigenvalue weighted by molar-refractivity contribution is -0.171. The summed E-state index contributed by atoms with van der Waals surface area (Å²) in [4.78, 5) is 33.5. The van der Waals surface area contributed by atoms with Crippen LogP contribution >= 0.6 is 0 Å². The van der Waals surface area contributed by atoms with Crippen LogP contribution in [0.15, 0.2) is 0 Å². The monoisotopic (exact) mass is 260 g/mol. The van der Waals surface area contributed by atoms with Gasteiger partial charge in [0.05, 0.1) is 0 Å². The van der Waals surface area contributed by atoms with Crippen molar-refractivity contribution in [3.63, 3.8) is 0 Å². The quantitative estimate of drug-likeness (QED) is 0.384. The first-order valence-corrected chi connectivity index (χ1v) is 6.04. The first-order chi connectivity index (χ1) is 8.41. The van der Waals surface area contributed by atoms with Gasteiger partial charge < -0.3 is 15.3 Å². The maximum Gasteiger partial charge on any atom is 0.351 e. The smallest absolute Gasteiger partial charge is 0.351 e. The number of rotatable bonds is 10. The minimum Gasteiger partial charge on any atom is -0.478 e. The molecule has 0 aromatic rings. The number of ketones is 2. The van der Waals surface area contributed by atoms with E-state index in [0.29, 0.717) is 6.42 Å². The van der Waals surface area contributed by atoms with Crippen LogP contribution in [0.2, 0.25) is 0 Å². The number of aliphatic hydroxyl groups excluding tert-OH is 1. The molecule has 0 heterocycles. The Morgan fingerprint density at radius 2 is 1.56 bits per heavy atom. The van der Waals surface area contributed by atoms with E-state index in [1.54, 1.807) is 0 Å². The average molecular weight is 260 g/mol. The van der Waals surface area contributed by atoms with Crippen LogP contribution in [0.1, 0.15) is 45.4 Å². The number of Topliss-reactive ketones (excluding diaryl/α,β-unsaturated/α-hetero) is 2. The third-order valence-corrected chi connectivity index (χ3v) is 2.77. The fourth-order valence-corrected chi connectivity index (χ4v) is 1.58. The molecular weight excluding hydrogens is 240 g/mol. The normalized spacial score (nSPS) is 13.9. The van der Waals surface area contributed by atoms with Crippen LogP contribution in [-0.2, 0) is 14.4 Å². The van der Waals surface area contributed by atoms with Gasteiger partial charge >= 0.3 is 5.97 Å². The van der Waals surface area contributed by atoms with Crippen molar-refractivity contribution in [1.82, 2.24) is 0 Å². The molecule has 0 amide bonds. The lowest BCUT2D eigenvalue weighted by atomic mass is 9.90. The van der Waals surface area contributed by atoms with Crippen LogP contribution in [0.5, 0.6) is 0 Å². The molecule has 0 radical (unpaired) electrons. The highest BCUT2D eigenvalue weighted by Crippen LogP contribution is 2.15. The van der Waals surface area contributed by atoms with Crippen LogP contribution < -0.4 is 0 Å². The molecule has 0 saturated heterocycles. The van der Waals surface area contributed by atoms with Gasteiger partial charge in [-0.1, -0.05) is 32.6 Å². The van der Waals surface area contributed by atoms with Gasteiger partial charge in [-0.05, 0) is 6.42 Å². The Kier molecular flexibility index (Phi) is 7.38. The van der Waals surface area contributed by atoms with E-state index in [0.717, 1.165) is 25.7 Å². The molecule has 0 bridgehead atoms. The summed E-state index contributed by atoms with van der Waals surface area (Å²) in [6, 6.07) is 0.